The first-order valence-electron chi connectivity index (χ1n) is 12.6. The number of aliphatic hydroxyl groups excluding tert-OH is 1. The van der Waals surface area contributed by atoms with Crippen LogP contribution in [0.15, 0.2) is 12.2 Å². The zero-order valence-electron chi connectivity index (χ0n) is 20.5. The molecule has 0 bridgehead atoms. The molecule has 30 heavy (non-hydrogen) atoms. The van der Waals surface area contributed by atoms with Crippen LogP contribution in [0.4, 0.5) is 0 Å². The second-order valence-electron chi connectivity index (χ2n) is 9.95. The Labute approximate surface area is 186 Å². The predicted molar refractivity (Wildman–Crippen MR) is 128 cm³/mol. The SMILES string of the molecule is C=C(CC(O)CC(CC)CC)C(CC1CCCCC1)C(N)NC(C(C)=O)C(C)CC. The first-order chi connectivity index (χ1) is 14.2. The summed E-state index contributed by atoms with van der Waals surface area (Å²) in [6.07, 6.45) is 11.4. The number of carbonyl (C=O) groups is 1. The van der Waals surface area contributed by atoms with Gasteiger partial charge in [-0.2, -0.15) is 0 Å². The number of rotatable bonds is 15. The fraction of sp³-hybridized carbons (Fsp3) is 0.885. The Balaban J connectivity index is 2.88. The van der Waals surface area contributed by atoms with Gasteiger partial charge in [0.25, 0.3) is 0 Å². The van der Waals surface area contributed by atoms with Crippen LogP contribution < -0.4 is 11.1 Å². The van der Waals surface area contributed by atoms with E-state index in [1.807, 2.05) is 0 Å². The van der Waals surface area contributed by atoms with E-state index in [0.29, 0.717) is 18.3 Å². The Bertz CT molecular complexity index is 497. The molecule has 0 heterocycles. The molecule has 0 aromatic carbocycles. The van der Waals surface area contributed by atoms with Gasteiger partial charge in [-0.1, -0.05) is 91.2 Å². The van der Waals surface area contributed by atoms with Crippen molar-refractivity contribution in [3.63, 3.8) is 0 Å². The summed E-state index contributed by atoms with van der Waals surface area (Å²) >= 11 is 0. The molecule has 0 radical (unpaired) electrons. The predicted octanol–water partition coefficient (Wildman–Crippen LogP) is 5.58. The number of aliphatic hydroxyl groups is 1. The molecular formula is C26H50N2O2. The average Bonchev–Trinajstić information content (AvgIpc) is 2.73. The molecule has 5 unspecified atom stereocenters. The van der Waals surface area contributed by atoms with Crippen LogP contribution in [-0.4, -0.2) is 29.2 Å². The molecule has 0 spiro atoms. The summed E-state index contributed by atoms with van der Waals surface area (Å²) in [6, 6.07) is -0.221. The lowest BCUT2D eigenvalue weighted by atomic mass is 9.78. The zero-order valence-corrected chi connectivity index (χ0v) is 20.5. The second kappa shape index (κ2) is 14.4. The molecule has 1 aliphatic rings. The van der Waals surface area contributed by atoms with Gasteiger partial charge < -0.3 is 10.8 Å². The molecule has 0 aromatic rings. The molecule has 1 fully saturated rings. The zero-order chi connectivity index (χ0) is 22.7. The Morgan fingerprint density at radius 3 is 2.23 bits per heavy atom. The molecule has 4 N–H and O–H groups in total. The van der Waals surface area contributed by atoms with Crippen LogP contribution in [0, 0.1) is 23.7 Å². The van der Waals surface area contributed by atoms with Gasteiger partial charge in [0.05, 0.1) is 18.3 Å². The summed E-state index contributed by atoms with van der Waals surface area (Å²) < 4.78 is 0. The van der Waals surface area contributed by atoms with Crippen LogP contribution in [0.25, 0.3) is 0 Å². The van der Waals surface area contributed by atoms with Crippen molar-refractivity contribution in [3.05, 3.63) is 12.2 Å². The van der Waals surface area contributed by atoms with Gasteiger partial charge in [-0.25, -0.2) is 0 Å². The van der Waals surface area contributed by atoms with Crippen molar-refractivity contribution in [2.75, 3.05) is 0 Å². The van der Waals surface area contributed by atoms with E-state index in [9.17, 15) is 9.90 Å². The molecule has 176 valence electrons. The van der Waals surface area contributed by atoms with E-state index in [-0.39, 0.29) is 35.9 Å². The lowest BCUT2D eigenvalue weighted by Gasteiger charge is -2.35. The molecule has 1 rings (SSSR count). The van der Waals surface area contributed by atoms with Crippen molar-refractivity contribution in [2.24, 2.45) is 29.4 Å². The molecule has 0 aromatic heterocycles. The Morgan fingerprint density at radius 2 is 1.73 bits per heavy atom. The molecule has 4 nitrogen and oxygen atoms in total. The van der Waals surface area contributed by atoms with Crippen LogP contribution >= 0.6 is 0 Å². The quantitative estimate of drug-likeness (QED) is 0.238. The van der Waals surface area contributed by atoms with Gasteiger partial charge in [-0.15, -0.1) is 0 Å². The van der Waals surface area contributed by atoms with E-state index in [1.54, 1.807) is 6.92 Å². The summed E-state index contributed by atoms with van der Waals surface area (Å²) in [5, 5.41) is 14.2. The van der Waals surface area contributed by atoms with Gasteiger partial charge in [0.2, 0.25) is 0 Å². The fourth-order valence-corrected chi connectivity index (χ4v) is 5.13. The number of ketones is 1. The molecule has 1 saturated carbocycles. The Hall–Kier alpha value is -0.710. The second-order valence-corrected chi connectivity index (χ2v) is 9.95. The van der Waals surface area contributed by atoms with Gasteiger partial charge in [-0.05, 0) is 43.9 Å². The number of hydrogen-bond acceptors (Lipinski definition) is 4. The maximum Gasteiger partial charge on any atom is 0.146 e. The summed E-state index contributed by atoms with van der Waals surface area (Å²) in [6.45, 7) is 14.7. The molecule has 0 amide bonds. The van der Waals surface area contributed by atoms with Gasteiger partial charge in [0, 0.05) is 5.92 Å². The highest BCUT2D eigenvalue weighted by molar-refractivity contribution is 5.81. The van der Waals surface area contributed by atoms with E-state index in [1.165, 1.54) is 32.1 Å². The highest BCUT2D eigenvalue weighted by Crippen LogP contribution is 2.34. The van der Waals surface area contributed by atoms with Crippen molar-refractivity contribution in [2.45, 2.75) is 124 Å². The van der Waals surface area contributed by atoms with Crippen molar-refractivity contribution in [1.29, 1.82) is 0 Å². The van der Waals surface area contributed by atoms with E-state index < -0.39 is 0 Å². The number of Topliss-reactive ketones (excluding diaryl/α,β-unsaturated/α-hetero) is 1. The van der Waals surface area contributed by atoms with E-state index >= 15 is 0 Å². The van der Waals surface area contributed by atoms with Crippen LogP contribution in [0.3, 0.4) is 0 Å². The molecule has 0 saturated heterocycles. The molecule has 5 atom stereocenters. The highest BCUT2D eigenvalue weighted by Gasteiger charge is 2.31. The average molecular weight is 423 g/mol. The van der Waals surface area contributed by atoms with Crippen molar-refractivity contribution in [3.8, 4) is 0 Å². The molecule has 1 aliphatic carbocycles. The lowest BCUT2D eigenvalue weighted by molar-refractivity contribution is -0.120. The third-order valence-electron chi connectivity index (χ3n) is 7.55. The van der Waals surface area contributed by atoms with Crippen LogP contribution in [-0.2, 0) is 4.79 Å². The minimum atomic E-state index is -0.360. The summed E-state index contributed by atoms with van der Waals surface area (Å²) in [5.41, 5.74) is 7.74. The minimum absolute atomic E-state index is 0.0929. The largest absolute Gasteiger partial charge is 0.393 e. The van der Waals surface area contributed by atoms with Gasteiger partial charge in [0.15, 0.2) is 0 Å². The van der Waals surface area contributed by atoms with Crippen molar-refractivity contribution < 1.29 is 9.90 Å². The minimum Gasteiger partial charge on any atom is -0.393 e. The van der Waals surface area contributed by atoms with Crippen LogP contribution in [0.2, 0.25) is 0 Å². The monoisotopic (exact) mass is 422 g/mol. The lowest BCUT2D eigenvalue weighted by Crippen LogP contribution is -2.54. The van der Waals surface area contributed by atoms with Gasteiger partial charge in [0.1, 0.15) is 5.78 Å². The van der Waals surface area contributed by atoms with E-state index in [2.05, 4.69) is 39.6 Å². The number of hydrogen-bond donors (Lipinski definition) is 3. The fourth-order valence-electron chi connectivity index (χ4n) is 5.13. The topological polar surface area (TPSA) is 75.3 Å². The van der Waals surface area contributed by atoms with Gasteiger partial charge >= 0.3 is 0 Å². The summed E-state index contributed by atoms with van der Waals surface area (Å²) in [4.78, 5) is 12.2. The molecule has 4 heteroatoms. The van der Waals surface area contributed by atoms with E-state index in [4.69, 9.17) is 5.73 Å². The normalized spacial score (nSPS) is 20.5. The van der Waals surface area contributed by atoms with Crippen molar-refractivity contribution >= 4 is 5.78 Å². The number of nitrogens with one attached hydrogen (secondary N) is 1. The van der Waals surface area contributed by atoms with Crippen LogP contribution in [0.1, 0.15) is 105 Å². The Morgan fingerprint density at radius 1 is 1.13 bits per heavy atom. The van der Waals surface area contributed by atoms with E-state index in [0.717, 1.165) is 37.7 Å². The Kier molecular flexibility index (Phi) is 13.1. The number of carbonyl (C=O) groups excluding carboxylic acids is 1. The van der Waals surface area contributed by atoms with Gasteiger partial charge in [-0.3, -0.25) is 10.1 Å². The third kappa shape index (κ3) is 9.20. The molecular weight excluding hydrogens is 372 g/mol. The third-order valence-corrected chi connectivity index (χ3v) is 7.55. The maximum absolute atomic E-state index is 12.2. The summed E-state index contributed by atoms with van der Waals surface area (Å²) in [7, 11) is 0. The smallest absolute Gasteiger partial charge is 0.146 e. The standard InChI is InChI=1S/C26H50N2O2/c1-7-18(4)25(20(6)29)28-26(27)24(17-22-13-11-10-12-14-22)19(5)15-23(30)16-21(8-2)9-3/h18,21-26,28,30H,5,7-17,27H2,1-4,6H3. The number of nitrogens with two attached hydrogens (primary N) is 1. The first-order valence-corrected chi connectivity index (χ1v) is 12.6. The molecule has 0 aliphatic heterocycles. The van der Waals surface area contributed by atoms with Crippen LogP contribution in [0.5, 0.6) is 0 Å². The highest BCUT2D eigenvalue weighted by atomic mass is 16.3. The first kappa shape index (κ1) is 27.3. The van der Waals surface area contributed by atoms with Crippen molar-refractivity contribution in [1.82, 2.24) is 5.32 Å². The maximum atomic E-state index is 12.2. The summed E-state index contributed by atoms with van der Waals surface area (Å²) in [5.74, 6) is 1.72.